The van der Waals surface area contributed by atoms with Gasteiger partial charge < -0.3 is 15.9 Å². The number of aliphatic carboxylic acids is 1. The lowest BCUT2D eigenvalue weighted by atomic mass is 10.0. The van der Waals surface area contributed by atoms with E-state index in [4.69, 9.17) is 10.8 Å². The van der Waals surface area contributed by atoms with Crippen molar-refractivity contribution in [3.63, 3.8) is 0 Å². The second-order valence-corrected chi connectivity index (χ2v) is 2.69. The van der Waals surface area contributed by atoms with Gasteiger partial charge in [-0.3, -0.25) is 4.79 Å². The average molecular weight is 227 g/mol. The Labute approximate surface area is 96.8 Å². The van der Waals surface area contributed by atoms with Crippen LogP contribution in [0.3, 0.4) is 0 Å². The second kappa shape index (κ2) is 10.1. The molecule has 4 nitrogen and oxygen atoms in total. The molecule has 0 spiro atoms. The molecule has 0 rings (SSSR count). The summed E-state index contributed by atoms with van der Waals surface area (Å²) in [6.45, 7) is 9.16. The molecule has 0 aliphatic carbocycles. The molecule has 2 atom stereocenters. The Morgan fingerprint density at radius 2 is 1.94 bits per heavy atom. The molecule has 0 bridgehead atoms. The van der Waals surface area contributed by atoms with Crippen LogP contribution in [-0.2, 0) is 4.79 Å². The molecule has 0 aromatic heterocycles. The van der Waals surface area contributed by atoms with Crippen LogP contribution in [0.5, 0.6) is 0 Å². The average Bonchev–Trinajstić information content (AvgIpc) is 2.31. The lowest BCUT2D eigenvalue weighted by Gasteiger charge is -2.15. The Bertz CT molecular complexity index is 269. The highest BCUT2D eigenvalue weighted by Crippen LogP contribution is 2.07. The first-order valence-corrected chi connectivity index (χ1v) is 5.16. The molecule has 16 heavy (non-hydrogen) atoms. The first-order chi connectivity index (χ1) is 7.54. The van der Waals surface area contributed by atoms with Gasteiger partial charge in [-0.15, -0.1) is 0 Å². The van der Waals surface area contributed by atoms with E-state index in [1.807, 2.05) is 13.8 Å². The Balaban J connectivity index is 0. The Morgan fingerprint density at radius 3 is 2.25 bits per heavy atom. The number of allylic oxidation sites excluding steroid dienone is 3. The van der Waals surface area contributed by atoms with Gasteiger partial charge in [0.2, 0.25) is 0 Å². The molecule has 0 aliphatic rings. The second-order valence-electron chi connectivity index (χ2n) is 2.69. The lowest BCUT2D eigenvalue weighted by molar-refractivity contribution is -0.140. The molecular weight excluding hydrogens is 206 g/mol. The lowest BCUT2D eigenvalue weighted by Crippen LogP contribution is -2.42. The number of carbonyl (C=O) groups is 1. The molecule has 92 valence electrons. The Kier molecular flexibility index (Phi) is 10.8. The maximum Gasteiger partial charge on any atom is 0.323 e. The molecule has 0 radical (unpaired) electrons. The Hall–Kier alpha value is -1.39. The van der Waals surface area contributed by atoms with E-state index in [-0.39, 0.29) is 0 Å². The van der Waals surface area contributed by atoms with Crippen molar-refractivity contribution in [2.45, 2.75) is 32.9 Å². The normalized spacial score (nSPS) is 14.9. The van der Waals surface area contributed by atoms with E-state index in [1.54, 1.807) is 25.2 Å². The maximum absolute atomic E-state index is 10.5. The van der Waals surface area contributed by atoms with Crippen molar-refractivity contribution in [1.29, 1.82) is 0 Å². The highest BCUT2D eigenvalue weighted by atomic mass is 16.4. The minimum Gasteiger partial charge on any atom is -0.480 e. The predicted octanol–water partition coefficient (Wildman–Crippen LogP) is 1.47. The molecule has 0 heterocycles. The fourth-order valence-electron chi connectivity index (χ4n) is 0.887. The van der Waals surface area contributed by atoms with Gasteiger partial charge in [-0.25, -0.2) is 0 Å². The molecule has 0 saturated heterocycles. The summed E-state index contributed by atoms with van der Waals surface area (Å²) in [6, 6.07) is -1.31. The van der Waals surface area contributed by atoms with Gasteiger partial charge in [0.1, 0.15) is 12.1 Å². The first-order valence-electron chi connectivity index (χ1n) is 5.16. The van der Waals surface area contributed by atoms with Crippen molar-refractivity contribution in [3.05, 3.63) is 36.5 Å². The largest absolute Gasteiger partial charge is 0.480 e. The quantitative estimate of drug-likeness (QED) is 0.621. The molecule has 4 heteroatoms. The van der Waals surface area contributed by atoms with E-state index in [1.165, 1.54) is 6.08 Å². The number of nitrogens with two attached hydrogens (primary N) is 1. The van der Waals surface area contributed by atoms with Crippen molar-refractivity contribution in [1.82, 2.24) is 0 Å². The van der Waals surface area contributed by atoms with Gasteiger partial charge in [-0.2, -0.15) is 0 Å². The van der Waals surface area contributed by atoms with Crippen molar-refractivity contribution >= 4 is 5.97 Å². The summed E-state index contributed by atoms with van der Waals surface area (Å²) in [5.41, 5.74) is 5.72. The maximum atomic E-state index is 10.5. The predicted molar refractivity (Wildman–Crippen MR) is 66.1 cm³/mol. The van der Waals surface area contributed by atoms with E-state index in [2.05, 4.69) is 6.58 Å². The van der Waals surface area contributed by atoms with Gasteiger partial charge in [0.15, 0.2) is 0 Å². The standard InChI is InChI=1S/C10H15NO3.C2H6/c1-3-5-6-7(4-2)9(12)8(11)10(13)14;1-2/h3-6,8-9,12H,1,11H2,2H3,(H,13,14);1-2H3/b6-5-,7-4+;. The van der Waals surface area contributed by atoms with Crippen LogP contribution in [0.25, 0.3) is 0 Å². The van der Waals surface area contributed by atoms with E-state index in [9.17, 15) is 9.90 Å². The smallest absolute Gasteiger partial charge is 0.323 e. The third-order valence-corrected chi connectivity index (χ3v) is 1.72. The van der Waals surface area contributed by atoms with E-state index in [0.717, 1.165) is 0 Å². The Morgan fingerprint density at radius 1 is 1.44 bits per heavy atom. The van der Waals surface area contributed by atoms with Crippen molar-refractivity contribution in [2.75, 3.05) is 0 Å². The fourth-order valence-corrected chi connectivity index (χ4v) is 0.887. The van der Waals surface area contributed by atoms with Gasteiger partial charge in [0.05, 0.1) is 0 Å². The minimum atomic E-state index is -1.31. The number of hydrogen-bond acceptors (Lipinski definition) is 3. The van der Waals surface area contributed by atoms with Gasteiger partial charge in [-0.1, -0.05) is 44.7 Å². The number of aliphatic hydroxyl groups excluding tert-OH is 1. The minimum absolute atomic E-state index is 0.458. The summed E-state index contributed by atoms with van der Waals surface area (Å²) >= 11 is 0. The highest BCUT2D eigenvalue weighted by molar-refractivity contribution is 5.74. The highest BCUT2D eigenvalue weighted by Gasteiger charge is 2.23. The van der Waals surface area contributed by atoms with E-state index >= 15 is 0 Å². The van der Waals surface area contributed by atoms with Crippen molar-refractivity contribution < 1.29 is 15.0 Å². The summed E-state index contributed by atoms with van der Waals surface area (Å²) in [5.74, 6) is -1.23. The molecule has 0 aliphatic heterocycles. The molecule has 0 aromatic carbocycles. The number of rotatable bonds is 5. The van der Waals surface area contributed by atoms with Gasteiger partial charge in [-0.05, 0) is 12.5 Å². The first kappa shape index (κ1) is 17.0. The van der Waals surface area contributed by atoms with Crippen LogP contribution >= 0.6 is 0 Å². The monoisotopic (exact) mass is 227 g/mol. The number of carboxylic acid groups (broad SMARTS) is 1. The van der Waals surface area contributed by atoms with Crippen LogP contribution in [0.1, 0.15) is 20.8 Å². The van der Waals surface area contributed by atoms with E-state index < -0.39 is 18.1 Å². The summed E-state index contributed by atoms with van der Waals surface area (Å²) in [4.78, 5) is 10.5. The van der Waals surface area contributed by atoms with Crippen LogP contribution < -0.4 is 5.73 Å². The van der Waals surface area contributed by atoms with Crippen LogP contribution in [0, 0.1) is 0 Å². The molecular formula is C12H21NO3. The number of aliphatic hydroxyl groups is 1. The number of hydrogen-bond donors (Lipinski definition) is 3. The van der Waals surface area contributed by atoms with Crippen molar-refractivity contribution in [3.8, 4) is 0 Å². The molecule has 2 unspecified atom stereocenters. The molecule has 0 amide bonds. The van der Waals surface area contributed by atoms with Crippen molar-refractivity contribution in [2.24, 2.45) is 5.73 Å². The molecule has 4 N–H and O–H groups in total. The van der Waals surface area contributed by atoms with E-state index in [0.29, 0.717) is 5.57 Å². The fraction of sp³-hybridized carbons (Fsp3) is 0.417. The van der Waals surface area contributed by atoms with Gasteiger partial charge in [0.25, 0.3) is 0 Å². The SMILES string of the molecule is C=C/C=C\C(=C/C)C(O)C(N)C(=O)O.CC. The van der Waals surface area contributed by atoms with Gasteiger partial charge in [0, 0.05) is 0 Å². The zero-order chi connectivity index (χ0) is 13.1. The van der Waals surface area contributed by atoms with Crippen LogP contribution in [0.4, 0.5) is 0 Å². The summed E-state index contributed by atoms with van der Waals surface area (Å²) in [7, 11) is 0. The summed E-state index contributed by atoms with van der Waals surface area (Å²) in [6.07, 6.45) is 5.11. The topological polar surface area (TPSA) is 83.5 Å². The summed E-state index contributed by atoms with van der Waals surface area (Å²) < 4.78 is 0. The summed E-state index contributed by atoms with van der Waals surface area (Å²) in [5, 5.41) is 18.1. The van der Waals surface area contributed by atoms with Crippen LogP contribution in [-0.4, -0.2) is 28.3 Å². The molecule has 0 fully saturated rings. The molecule has 0 saturated carbocycles. The van der Waals surface area contributed by atoms with Gasteiger partial charge >= 0.3 is 5.97 Å². The van der Waals surface area contributed by atoms with Crippen LogP contribution in [0.2, 0.25) is 0 Å². The van der Waals surface area contributed by atoms with Crippen LogP contribution in [0.15, 0.2) is 36.5 Å². The molecule has 0 aromatic rings. The zero-order valence-corrected chi connectivity index (χ0v) is 10.1. The third kappa shape index (κ3) is 6.16. The third-order valence-electron chi connectivity index (χ3n) is 1.72. The zero-order valence-electron chi connectivity index (χ0n) is 10.1. The number of carboxylic acids is 1.